The van der Waals surface area contributed by atoms with E-state index in [2.05, 4.69) is 5.32 Å². The van der Waals surface area contributed by atoms with Crippen molar-refractivity contribution < 1.29 is 4.79 Å². The topological polar surface area (TPSA) is 29.1 Å². The third kappa shape index (κ3) is 3.23. The molecule has 2 radical (unpaired) electrons. The molecule has 2 aliphatic carbocycles. The van der Waals surface area contributed by atoms with Crippen LogP contribution in [-0.2, 0) is 0 Å². The van der Waals surface area contributed by atoms with Crippen molar-refractivity contribution in [3.8, 4) is 0 Å². The van der Waals surface area contributed by atoms with Gasteiger partial charge in [0, 0.05) is 12.1 Å². The summed E-state index contributed by atoms with van der Waals surface area (Å²) in [6, 6.07) is 9.56. The van der Waals surface area contributed by atoms with Crippen molar-refractivity contribution in [3.63, 3.8) is 0 Å². The van der Waals surface area contributed by atoms with Crippen molar-refractivity contribution in [2.24, 2.45) is 11.3 Å². The molecule has 0 saturated heterocycles. The molecule has 108 valence electrons. The van der Waals surface area contributed by atoms with Gasteiger partial charge < -0.3 is 5.32 Å². The molecule has 3 rings (SSSR count). The molecule has 2 aliphatic rings. The van der Waals surface area contributed by atoms with Crippen LogP contribution in [0.4, 0.5) is 0 Å². The second-order valence-corrected chi connectivity index (χ2v) is 6.40. The third-order valence-corrected chi connectivity index (χ3v) is 5.02. The van der Waals surface area contributed by atoms with Crippen molar-refractivity contribution >= 4 is 5.91 Å². The lowest BCUT2D eigenvalue weighted by atomic mass is 9.62. The van der Waals surface area contributed by atoms with E-state index in [4.69, 9.17) is 0 Å². The molecule has 0 atom stereocenters. The van der Waals surface area contributed by atoms with Gasteiger partial charge in [0.15, 0.2) is 0 Å². The molecular formula is C18H25NO. The number of rotatable bonds is 3. The Hall–Kier alpha value is -1.31. The highest BCUT2D eigenvalue weighted by molar-refractivity contribution is 5.94. The average Bonchev–Trinajstić information content (AvgIpc) is 2.46. The van der Waals surface area contributed by atoms with E-state index in [1.807, 2.05) is 30.3 Å². The molecule has 2 nitrogen and oxygen atoms in total. The SMILES string of the molecule is O=C(NCC12CCCC(CCC1)C2)c1ccccc1.[CH2]. The van der Waals surface area contributed by atoms with Gasteiger partial charge in [0.1, 0.15) is 0 Å². The van der Waals surface area contributed by atoms with Crippen LogP contribution in [0.5, 0.6) is 0 Å². The zero-order valence-corrected chi connectivity index (χ0v) is 12.2. The summed E-state index contributed by atoms with van der Waals surface area (Å²) in [6.45, 7) is 0.872. The van der Waals surface area contributed by atoms with Crippen LogP contribution >= 0.6 is 0 Å². The van der Waals surface area contributed by atoms with Crippen LogP contribution in [0.25, 0.3) is 0 Å². The largest absolute Gasteiger partial charge is 0.351 e. The first-order valence-electron chi connectivity index (χ1n) is 7.61. The van der Waals surface area contributed by atoms with E-state index in [1.54, 1.807) is 0 Å². The van der Waals surface area contributed by atoms with E-state index < -0.39 is 0 Å². The van der Waals surface area contributed by atoms with E-state index in [1.165, 1.54) is 44.9 Å². The van der Waals surface area contributed by atoms with Crippen LogP contribution in [-0.4, -0.2) is 12.5 Å². The van der Waals surface area contributed by atoms with E-state index >= 15 is 0 Å². The second kappa shape index (κ2) is 6.43. The Bertz CT molecular complexity index is 430. The van der Waals surface area contributed by atoms with Crippen molar-refractivity contribution in [3.05, 3.63) is 43.3 Å². The summed E-state index contributed by atoms with van der Waals surface area (Å²) in [7, 11) is 0. The minimum absolute atomic E-state index is 0. The van der Waals surface area contributed by atoms with Gasteiger partial charge in [-0.3, -0.25) is 4.79 Å². The quantitative estimate of drug-likeness (QED) is 0.881. The van der Waals surface area contributed by atoms with Gasteiger partial charge in [-0.15, -0.1) is 0 Å². The van der Waals surface area contributed by atoms with E-state index in [-0.39, 0.29) is 13.3 Å². The highest BCUT2D eigenvalue weighted by atomic mass is 16.1. The Balaban J connectivity index is 0.00000147. The van der Waals surface area contributed by atoms with Gasteiger partial charge >= 0.3 is 0 Å². The van der Waals surface area contributed by atoms with Gasteiger partial charge in [-0.1, -0.05) is 51.3 Å². The molecule has 1 N–H and O–H groups in total. The van der Waals surface area contributed by atoms with E-state index in [0.29, 0.717) is 5.41 Å². The number of carbonyl (C=O) groups excluding carboxylic acids is 1. The van der Waals surface area contributed by atoms with Gasteiger partial charge in [0.05, 0.1) is 0 Å². The maximum atomic E-state index is 12.1. The van der Waals surface area contributed by atoms with E-state index in [9.17, 15) is 4.79 Å². The minimum Gasteiger partial charge on any atom is -0.351 e. The Kier molecular flexibility index (Phi) is 4.85. The number of amides is 1. The predicted octanol–water partition coefficient (Wildman–Crippen LogP) is 4.10. The summed E-state index contributed by atoms with van der Waals surface area (Å²) < 4.78 is 0. The van der Waals surface area contributed by atoms with Gasteiger partial charge in [-0.2, -0.15) is 0 Å². The van der Waals surface area contributed by atoms with Crippen LogP contribution in [0.3, 0.4) is 0 Å². The maximum Gasteiger partial charge on any atom is 0.251 e. The zero-order valence-electron chi connectivity index (χ0n) is 12.2. The van der Waals surface area contributed by atoms with Crippen LogP contribution in [0.2, 0.25) is 0 Å². The summed E-state index contributed by atoms with van der Waals surface area (Å²) in [5, 5.41) is 3.18. The van der Waals surface area contributed by atoms with Gasteiger partial charge in [0.25, 0.3) is 5.91 Å². The van der Waals surface area contributed by atoms with Gasteiger partial charge in [-0.05, 0) is 42.7 Å². The molecule has 1 amide bonds. The average molecular weight is 271 g/mol. The van der Waals surface area contributed by atoms with Gasteiger partial charge in [0.2, 0.25) is 0 Å². The maximum absolute atomic E-state index is 12.1. The molecule has 0 aliphatic heterocycles. The molecule has 20 heavy (non-hydrogen) atoms. The van der Waals surface area contributed by atoms with Crippen molar-refractivity contribution in [1.82, 2.24) is 5.32 Å². The van der Waals surface area contributed by atoms with Crippen LogP contribution in [0.1, 0.15) is 55.3 Å². The van der Waals surface area contributed by atoms with Crippen molar-refractivity contribution in [2.75, 3.05) is 6.54 Å². The number of benzene rings is 1. The molecule has 2 heteroatoms. The lowest BCUT2D eigenvalue weighted by Gasteiger charge is -2.45. The highest BCUT2D eigenvalue weighted by Gasteiger charge is 2.39. The minimum atomic E-state index is 0. The molecule has 0 heterocycles. The summed E-state index contributed by atoms with van der Waals surface area (Å²) in [5.74, 6) is 1.01. The Morgan fingerprint density at radius 1 is 1.15 bits per heavy atom. The first-order chi connectivity index (χ1) is 9.27. The summed E-state index contributed by atoms with van der Waals surface area (Å²) in [4.78, 5) is 12.1. The highest BCUT2D eigenvalue weighted by Crippen LogP contribution is 2.48. The Morgan fingerprint density at radius 3 is 2.45 bits per heavy atom. The van der Waals surface area contributed by atoms with Gasteiger partial charge in [-0.25, -0.2) is 0 Å². The summed E-state index contributed by atoms with van der Waals surface area (Å²) >= 11 is 0. The summed E-state index contributed by atoms with van der Waals surface area (Å²) in [5.41, 5.74) is 1.19. The number of nitrogens with one attached hydrogen (secondary N) is 1. The lowest BCUT2D eigenvalue weighted by molar-refractivity contribution is 0.0681. The first-order valence-corrected chi connectivity index (χ1v) is 7.61. The molecule has 2 saturated carbocycles. The Morgan fingerprint density at radius 2 is 1.80 bits per heavy atom. The lowest BCUT2D eigenvalue weighted by Crippen LogP contribution is -2.42. The fraction of sp³-hybridized carbons (Fsp3) is 0.556. The third-order valence-electron chi connectivity index (χ3n) is 5.02. The molecule has 0 unspecified atom stereocenters. The van der Waals surface area contributed by atoms with Crippen molar-refractivity contribution in [1.29, 1.82) is 0 Å². The molecule has 2 bridgehead atoms. The van der Waals surface area contributed by atoms with Crippen LogP contribution < -0.4 is 5.32 Å². The second-order valence-electron chi connectivity index (χ2n) is 6.40. The number of fused-ring (bicyclic) bond motifs is 2. The first kappa shape index (κ1) is 15.1. The molecular weight excluding hydrogens is 246 g/mol. The zero-order chi connectivity index (χ0) is 13.1. The van der Waals surface area contributed by atoms with Crippen LogP contribution in [0.15, 0.2) is 30.3 Å². The fourth-order valence-corrected chi connectivity index (χ4v) is 4.03. The summed E-state index contributed by atoms with van der Waals surface area (Å²) in [6.07, 6.45) is 9.47. The monoisotopic (exact) mass is 271 g/mol. The predicted molar refractivity (Wildman–Crippen MR) is 82.4 cm³/mol. The normalized spacial score (nSPS) is 28.3. The molecule has 1 aromatic rings. The fourth-order valence-electron chi connectivity index (χ4n) is 4.03. The van der Waals surface area contributed by atoms with E-state index in [0.717, 1.165) is 18.0 Å². The molecule has 1 aromatic carbocycles. The number of carbonyl (C=O) groups is 1. The number of hydrogen-bond acceptors (Lipinski definition) is 1. The smallest absolute Gasteiger partial charge is 0.251 e. The van der Waals surface area contributed by atoms with Crippen LogP contribution in [0, 0.1) is 18.8 Å². The standard InChI is InChI=1S/C17H23NO.CH2/c19-16(15-8-2-1-3-9-15)18-13-17-10-4-6-14(12-17)7-5-11-17;/h1-3,8-9,14H,4-7,10-13H2,(H,18,19);1H2. The molecule has 2 fully saturated rings. The molecule has 0 spiro atoms. The van der Waals surface area contributed by atoms with Crippen molar-refractivity contribution in [2.45, 2.75) is 44.9 Å². The molecule has 0 aromatic heterocycles. The number of hydrogen-bond donors (Lipinski definition) is 1. The Labute approximate surface area is 123 Å².